The van der Waals surface area contributed by atoms with Gasteiger partial charge in [-0.3, -0.25) is 0 Å². The van der Waals surface area contributed by atoms with Gasteiger partial charge in [-0.15, -0.1) is 0 Å². The van der Waals surface area contributed by atoms with E-state index < -0.39 is 5.60 Å². The average molecular weight is 419 g/mol. The monoisotopic (exact) mass is 418 g/mol. The molecule has 0 saturated heterocycles. The molecule has 3 nitrogen and oxygen atoms in total. The molecule has 172 valence electrons. The molecular weight excluding hydrogens is 372 g/mol. The molecule has 9 atom stereocenters. The lowest BCUT2D eigenvalue weighted by molar-refractivity contribution is -0.0651. The third-order valence-electron chi connectivity index (χ3n) is 10.7. The molecule has 0 aromatic heterocycles. The number of aliphatic hydroxyl groups is 3. The van der Waals surface area contributed by atoms with Crippen molar-refractivity contribution in [1.82, 2.24) is 0 Å². The van der Waals surface area contributed by atoms with Crippen LogP contribution in [0, 0.1) is 46.3 Å². The molecule has 3 fully saturated rings. The lowest BCUT2D eigenvalue weighted by Crippen LogP contribution is -2.51. The van der Waals surface area contributed by atoms with Crippen molar-refractivity contribution in [2.45, 2.75) is 104 Å². The first kappa shape index (κ1) is 22.8. The highest BCUT2D eigenvalue weighted by Gasteiger charge is 2.59. The molecule has 30 heavy (non-hydrogen) atoms. The molecule has 3 N–H and O–H groups in total. The molecule has 0 aromatic carbocycles. The van der Waals surface area contributed by atoms with Crippen LogP contribution in [0.5, 0.6) is 0 Å². The minimum Gasteiger partial charge on any atom is -0.396 e. The summed E-state index contributed by atoms with van der Waals surface area (Å²) < 4.78 is 0. The van der Waals surface area contributed by atoms with Gasteiger partial charge in [0.1, 0.15) is 0 Å². The summed E-state index contributed by atoms with van der Waals surface area (Å²) in [6, 6.07) is 0. The summed E-state index contributed by atoms with van der Waals surface area (Å²) in [7, 11) is 0. The first-order valence-electron chi connectivity index (χ1n) is 12.7. The van der Waals surface area contributed by atoms with Crippen molar-refractivity contribution < 1.29 is 15.3 Å². The van der Waals surface area contributed by atoms with E-state index in [2.05, 4.69) is 26.8 Å². The Balaban J connectivity index is 1.53. The normalized spacial score (nSPS) is 45.7. The summed E-state index contributed by atoms with van der Waals surface area (Å²) in [4.78, 5) is 0. The van der Waals surface area contributed by atoms with E-state index >= 15 is 0 Å². The van der Waals surface area contributed by atoms with E-state index in [9.17, 15) is 15.3 Å². The molecule has 4 aliphatic carbocycles. The zero-order valence-corrected chi connectivity index (χ0v) is 20.0. The molecule has 4 rings (SSSR count). The maximum atomic E-state index is 10.5. The van der Waals surface area contributed by atoms with E-state index in [1.54, 1.807) is 5.57 Å². The van der Waals surface area contributed by atoms with Crippen LogP contribution in [0.4, 0.5) is 0 Å². The Kier molecular flexibility index (Phi) is 5.99. The van der Waals surface area contributed by atoms with E-state index in [0.717, 1.165) is 43.4 Å². The molecule has 0 unspecified atom stereocenters. The van der Waals surface area contributed by atoms with E-state index in [-0.39, 0.29) is 18.6 Å². The topological polar surface area (TPSA) is 60.7 Å². The first-order chi connectivity index (χ1) is 14.0. The number of hydrogen-bond donors (Lipinski definition) is 3. The van der Waals surface area contributed by atoms with E-state index in [1.807, 2.05) is 13.8 Å². The van der Waals surface area contributed by atoms with Crippen molar-refractivity contribution in [3.8, 4) is 0 Å². The predicted molar refractivity (Wildman–Crippen MR) is 122 cm³/mol. The Bertz CT molecular complexity index is 664. The third-order valence-corrected chi connectivity index (χ3v) is 10.7. The SMILES string of the molecule is C[C@H](C[C@H](CO)C(C)(C)O)[C@H]1CC[C@H]2[C@@H]3CC=C4C[C@@H](O)CC[C@]4(C)[C@H]3CC[C@]12C. The molecule has 4 aliphatic rings. The van der Waals surface area contributed by atoms with Crippen LogP contribution in [0.1, 0.15) is 92.4 Å². The van der Waals surface area contributed by atoms with Gasteiger partial charge in [-0.05, 0) is 112 Å². The third kappa shape index (κ3) is 3.61. The van der Waals surface area contributed by atoms with Crippen LogP contribution in [0.3, 0.4) is 0 Å². The maximum absolute atomic E-state index is 10.5. The smallest absolute Gasteiger partial charge is 0.0641 e. The summed E-state index contributed by atoms with van der Waals surface area (Å²) in [6.07, 6.45) is 12.9. The van der Waals surface area contributed by atoms with E-state index in [0.29, 0.717) is 22.7 Å². The number of allylic oxidation sites excluding steroid dienone is 1. The fourth-order valence-electron chi connectivity index (χ4n) is 8.82. The van der Waals surface area contributed by atoms with Crippen molar-refractivity contribution in [3.05, 3.63) is 11.6 Å². The van der Waals surface area contributed by atoms with Crippen molar-refractivity contribution in [1.29, 1.82) is 0 Å². The van der Waals surface area contributed by atoms with Gasteiger partial charge < -0.3 is 15.3 Å². The fourth-order valence-corrected chi connectivity index (χ4v) is 8.82. The molecule has 0 aromatic rings. The minimum absolute atomic E-state index is 0.0424. The molecule has 3 heteroatoms. The largest absolute Gasteiger partial charge is 0.396 e. The van der Waals surface area contributed by atoms with Crippen LogP contribution in [0.15, 0.2) is 11.6 Å². The average Bonchev–Trinajstić information content (AvgIpc) is 3.03. The van der Waals surface area contributed by atoms with Gasteiger partial charge in [0.15, 0.2) is 0 Å². The molecule has 0 radical (unpaired) electrons. The fraction of sp³-hybridized carbons (Fsp3) is 0.926. The second-order valence-corrected chi connectivity index (χ2v) is 12.6. The second-order valence-electron chi connectivity index (χ2n) is 12.6. The Morgan fingerprint density at radius 3 is 2.50 bits per heavy atom. The lowest BCUT2D eigenvalue weighted by Gasteiger charge is -2.58. The highest BCUT2D eigenvalue weighted by atomic mass is 16.3. The van der Waals surface area contributed by atoms with Gasteiger partial charge in [-0.1, -0.05) is 32.4 Å². The van der Waals surface area contributed by atoms with Crippen LogP contribution in [0.2, 0.25) is 0 Å². The summed E-state index contributed by atoms with van der Waals surface area (Å²) >= 11 is 0. The lowest BCUT2D eigenvalue weighted by atomic mass is 9.47. The Morgan fingerprint density at radius 1 is 1.10 bits per heavy atom. The highest BCUT2D eigenvalue weighted by molar-refractivity contribution is 5.25. The van der Waals surface area contributed by atoms with Gasteiger partial charge >= 0.3 is 0 Å². The molecule has 3 saturated carbocycles. The summed E-state index contributed by atoms with van der Waals surface area (Å²) in [5.74, 6) is 3.59. The van der Waals surface area contributed by atoms with Gasteiger partial charge in [-0.25, -0.2) is 0 Å². The van der Waals surface area contributed by atoms with Crippen LogP contribution in [-0.4, -0.2) is 33.6 Å². The zero-order valence-electron chi connectivity index (χ0n) is 20.0. The number of fused-ring (bicyclic) bond motifs is 5. The zero-order chi connectivity index (χ0) is 21.9. The van der Waals surface area contributed by atoms with Crippen LogP contribution >= 0.6 is 0 Å². The van der Waals surface area contributed by atoms with Crippen molar-refractivity contribution in [2.75, 3.05) is 6.61 Å². The summed E-state index contributed by atoms with van der Waals surface area (Å²) in [6.45, 7) is 11.2. The van der Waals surface area contributed by atoms with Gasteiger partial charge in [0, 0.05) is 12.5 Å². The van der Waals surface area contributed by atoms with Crippen molar-refractivity contribution in [3.63, 3.8) is 0 Å². The second kappa shape index (κ2) is 7.89. The molecule has 0 bridgehead atoms. The molecule has 0 amide bonds. The minimum atomic E-state index is -0.815. The summed E-state index contributed by atoms with van der Waals surface area (Å²) in [5, 5.41) is 30.6. The predicted octanol–water partition coefficient (Wildman–Crippen LogP) is 5.33. The number of hydrogen-bond acceptors (Lipinski definition) is 3. The Labute approximate surface area is 184 Å². The molecule has 0 heterocycles. The quantitative estimate of drug-likeness (QED) is 0.529. The molecular formula is C27H46O3. The Hall–Kier alpha value is -0.380. The van der Waals surface area contributed by atoms with E-state index in [4.69, 9.17) is 0 Å². The van der Waals surface area contributed by atoms with E-state index in [1.165, 1.54) is 32.1 Å². The maximum Gasteiger partial charge on any atom is 0.0641 e. The van der Waals surface area contributed by atoms with Gasteiger partial charge in [0.2, 0.25) is 0 Å². The van der Waals surface area contributed by atoms with Gasteiger partial charge in [0.05, 0.1) is 11.7 Å². The molecule has 0 aliphatic heterocycles. The van der Waals surface area contributed by atoms with Crippen molar-refractivity contribution >= 4 is 0 Å². The number of rotatable bonds is 5. The van der Waals surface area contributed by atoms with Crippen LogP contribution in [0.25, 0.3) is 0 Å². The standard InChI is InChI=1S/C27H46O3/c1-17(14-19(16-28)25(2,3)30)22-8-9-23-21-7-6-18-15-20(29)10-12-26(18,4)24(21)11-13-27(22,23)5/h6,17,19-24,28-30H,7-16H2,1-5H3/t17-,19-,20+,21+,22-,23+,24+,26+,27-/m1/s1. The Morgan fingerprint density at radius 2 is 1.83 bits per heavy atom. The number of aliphatic hydroxyl groups excluding tert-OH is 2. The highest BCUT2D eigenvalue weighted by Crippen LogP contribution is 2.67. The van der Waals surface area contributed by atoms with Crippen LogP contribution in [-0.2, 0) is 0 Å². The van der Waals surface area contributed by atoms with Crippen LogP contribution < -0.4 is 0 Å². The van der Waals surface area contributed by atoms with Gasteiger partial charge in [-0.2, -0.15) is 0 Å². The van der Waals surface area contributed by atoms with Gasteiger partial charge in [0.25, 0.3) is 0 Å². The molecule has 0 spiro atoms. The summed E-state index contributed by atoms with van der Waals surface area (Å²) in [5.41, 5.74) is 1.46. The first-order valence-corrected chi connectivity index (χ1v) is 12.7. The van der Waals surface area contributed by atoms with Crippen molar-refractivity contribution in [2.24, 2.45) is 46.3 Å².